The number of halogens is 4. The molecule has 0 fully saturated rings. The van der Waals surface area contributed by atoms with Gasteiger partial charge >= 0.3 is 6.43 Å². The van der Waals surface area contributed by atoms with Crippen molar-refractivity contribution in [3.63, 3.8) is 0 Å². The van der Waals surface area contributed by atoms with Gasteiger partial charge in [0, 0.05) is 0 Å². The molecule has 6 heteroatoms. The van der Waals surface area contributed by atoms with Crippen molar-refractivity contribution >= 4 is 11.6 Å². The first-order chi connectivity index (χ1) is 6.52. The van der Waals surface area contributed by atoms with Gasteiger partial charge in [-0.2, -0.15) is 8.78 Å². The van der Waals surface area contributed by atoms with Crippen LogP contribution in [0, 0.1) is 11.6 Å². The topological polar surface area (TPSA) is 29.1 Å². The Morgan fingerprint density at radius 2 is 1.71 bits per heavy atom. The van der Waals surface area contributed by atoms with Crippen molar-refractivity contribution in [2.75, 3.05) is 5.32 Å². The van der Waals surface area contributed by atoms with E-state index in [0.717, 1.165) is 18.2 Å². The molecule has 1 rings (SSSR count). The first-order valence-corrected chi connectivity index (χ1v) is 3.55. The molecule has 14 heavy (non-hydrogen) atoms. The number of carbonyl (C=O) groups excluding carboxylic acids is 1. The number of hydrogen-bond acceptors (Lipinski definition) is 1. The number of para-hydroxylation sites is 1. The summed E-state index contributed by atoms with van der Waals surface area (Å²) in [5.74, 6) is -3.94. The fraction of sp³-hybridized carbons (Fsp3) is 0.125. The SMILES string of the molecule is O=C(Nc1c(F)cccc1F)C(F)F. The standard InChI is InChI=1S/C8H5F4NO/c9-4-2-1-3-5(10)6(4)13-8(14)7(11)12/h1-3,7H,(H,13,14). The highest BCUT2D eigenvalue weighted by Gasteiger charge is 2.18. The molecule has 0 aliphatic carbocycles. The fourth-order valence-corrected chi connectivity index (χ4v) is 0.795. The van der Waals surface area contributed by atoms with Gasteiger partial charge in [0.05, 0.1) is 0 Å². The molecule has 0 unspecified atom stereocenters. The molecule has 0 saturated heterocycles. The summed E-state index contributed by atoms with van der Waals surface area (Å²) < 4.78 is 49.0. The minimum atomic E-state index is -3.31. The van der Waals surface area contributed by atoms with E-state index in [1.165, 1.54) is 5.32 Å². The Morgan fingerprint density at radius 3 is 2.14 bits per heavy atom. The Labute approximate surface area is 76.5 Å². The van der Waals surface area contributed by atoms with Crippen LogP contribution < -0.4 is 5.32 Å². The lowest BCUT2D eigenvalue weighted by atomic mass is 10.3. The normalized spacial score (nSPS) is 10.4. The summed E-state index contributed by atoms with van der Waals surface area (Å²) >= 11 is 0. The molecule has 0 atom stereocenters. The van der Waals surface area contributed by atoms with Crippen LogP contribution in [0.5, 0.6) is 0 Å². The largest absolute Gasteiger partial charge is 0.316 e. The van der Waals surface area contributed by atoms with Gasteiger partial charge in [0.2, 0.25) is 0 Å². The summed E-state index contributed by atoms with van der Waals surface area (Å²) in [6, 6.07) is 2.76. The Kier molecular flexibility index (Phi) is 3.06. The highest BCUT2D eigenvalue weighted by molar-refractivity contribution is 5.93. The third kappa shape index (κ3) is 2.21. The molecular weight excluding hydrogens is 202 g/mol. The van der Waals surface area contributed by atoms with Crippen molar-refractivity contribution < 1.29 is 22.4 Å². The molecular formula is C8H5F4NO. The van der Waals surface area contributed by atoms with Crippen LogP contribution in [0.15, 0.2) is 18.2 Å². The van der Waals surface area contributed by atoms with Crippen LogP contribution in [-0.4, -0.2) is 12.3 Å². The van der Waals surface area contributed by atoms with Crippen LogP contribution in [0.4, 0.5) is 23.2 Å². The van der Waals surface area contributed by atoms with E-state index in [9.17, 15) is 22.4 Å². The average molecular weight is 207 g/mol. The molecule has 0 bridgehead atoms. The number of rotatable bonds is 2. The number of nitrogens with one attached hydrogen (secondary N) is 1. The lowest BCUT2D eigenvalue weighted by Crippen LogP contribution is -2.21. The molecule has 0 heterocycles. The summed E-state index contributed by atoms with van der Waals surface area (Å²) in [5, 5.41) is 1.44. The van der Waals surface area contributed by atoms with Crippen molar-refractivity contribution in [3.8, 4) is 0 Å². The predicted molar refractivity (Wildman–Crippen MR) is 41.0 cm³/mol. The van der Waals surface area contributed by atoms with Crippen LogP contribution >= 0.6 is 0 Å². The van der Waals surface area contributed by atoms with Gasteiger partial charge in [-0.25, -0.2) is 8.78 Å². The molecule has 0 spiro atoms. The van der Waals surface area contributed by atoms with Gasteiger partial charge in [-0.3, -0.25) is 4.79 Å². The molecule has 1 amide bonds. The van der Waals surface area contributed by atoms with Gasteiger partial charge in [0.15, 0.2) is 0 Å². The molecule has 1 N–H and O–H groups in total. The van der Waals surface area contributed by atoms with E-state index < -0.39 is 29.7 Å². The third-order valence-corrected chi connectivity index (χ3v) is 1.41. The third-order valence-electron chi connectivity index (χ3n) is 1.41. The van der Waals surface area contributed by atoms with E-state index in [-0.39, 0.29) is 0 Å². The molecule has 0 aliphatic rings. The Hall–Kier alpha value is -1.59. The van der Waals surface area contributed by atoms with Gasteiger partial charge in [0.1, 0.15) is 17.3 Å². The maximum absolute atomic E-state index is 12.8. The lowest BCUT2D eigenvalue weighted by molar-refractivity contribution is -0.126. The van der Waals surface area contributed by atoms with Gasteiger partial charge in [0.25, 0.3) is 5.91 Å². The lowest BCUT2D eigenvalue weighted by Gasteiger charge is -2.05. The number of benzene rings is 1. The monoisotopic (exact) mass is 207 g/mol. The van der Waals surface area contributed by atoms with Gasteiger partial charge in [-0.05, 0) is 12.1 Å². The molecule has 0 aliphatic heterocycles. The maximum atomic E-state index is 12.8. The maximum Gasteiger partial charge on any atom is 0.315 e. The second-order valence-corrected chi connectivity index (χ2v) is 2.39. The van der Waals surface area contributed by atoms with Crippen LogP contribution in [0.2, 0.25) is 0 Å². The Morgan fingerprint density at radius 1 is 1.21 bits per heavy atom. The zero-order valence-corrected chi connectivity index (χ0v) is 6.73. The van der Waals surface area contributed by atoms with Crippen LogP contribution in [0.1, 0.15) is 0 Å². The van der Waals surface area contributed by atoms with Crippen molar-refractivity contribution in [1.29, 1.82) is 0 Å². The molecule has 2 nitrogen and oxygen atoms in total. The van der Waals surface area contributed by atoms with E-state index in [1.807, 2.05) is 0 Å². The van der Waals surface area contributed by atoms with Crippen molar-refractivity contribution in [2.45, 2.75) is 6.43 Å². The summed E-state index contributed by atoms with van der Waals surface area (Å²) in [6.45, 7) is 0. The summed E-state index contributed by atoms with van der Waals surface area (Å²) in [7, 11) is 0. The van der Waals surface area contributed by atoms with E-state index in [1.54, 1.807) is 0 Å². The molecule has 76 valence electrons. The predicted octanol–water partition coefficient (Wildman–Crippen LogP) is 2.17. The second kappa shape index (κ2) is 4.08. The average Bonchev–Trinajstić information content (AvgIpc) is 2.11. The number of anilines is 1. The smallest absolute Gasteiger partial charge is 0.315 e. The van der Waals surface area contributed by atoms with Crippen LogP contribution in [-0.2, 0) is 4.79 Å². The number of amides is 1. The number of hydrogen-bond donors (Lipinski definition) is 1. The number of carbonyl (C=O) groups is 1. The zero-order chi connectivity index (χ0) is 10.7. The van der Waals surface area contributed by atoms with E-state index in [4.69, 9.17) is 0 Å². The van der Waals surface area contributed by atoms with E-state index in [2.05, 4.69) is 0 Å². The minimum absolute atomic E-state index is 0.851. The van der Waals surface area contributed by atoms with Crippen molar-refractivity contribution in [3.05, 3.63) is 29.8 Å². The molecule has 0 aromatic heterocycles. The Bertz CT molecular complexity index is 333. The fourth-order valence-electron chi connectivity index (χ4n) is 0.795. The highest BCUT2D eigenvalue weighted by atomic mass is 19.3. The van der Waals surface area contributed by atoms with Gasteiger partial charge < -0.3 is 5.32 Å². The van der Waals surface area contributed by atoms with E-state index in [0.29, 0.717) is 0 Å². The zero-order valence-electron chi connectivity index (χ0n) is 6.73. The van der Waals surface area contributed by atoms with Crippen LogP contribution in [0.25, 0.3) is 0 Å². The first-order valence-electron chi connectivity index (χ1n) is 3.55. The highest BCUT2D eigenvalue weighted by Crippen LogP contribution is 2.18. The molecule has 1 aromatic rings. The minimum Gasteiger partial charge on any atom is -0.316 e. The molecule has 0 radical (unpaired) electrons. The first kappa shape index (κ1) is 10.5. The number of alkyl halides is 2. The molecule has 1 aromatic carbocycles. The van der Waals surface area contributed by atoms with Crippen molar-refractivity contribution in [2.24, 2.45) is 0 Å². The van der Waals surface area contributed by atoms with Crippen LogP contribution in [0.3, 0.4) is 0 Å². The molecule has 0 saturated carbocycles. The summed E-state index contributed by atoms with van der Waals surface area (Å²) in [6.07, 6.45) is -3.31. The van der Waals surface area contributed by atoms with Crippen molar-refractivity contribution in [1.82, 2.24) is 0 Å². The summed E-state index contributed by atoms with van der Waals surface area (Å²) in [5.41, 5.74) is -0.863. The second-order valence-electron chi connectivity index (χ2n) is 2.39. The quantitative estimate of drug-likeness (QED) is 0.740. The Balaban J connectivity index is 2.91. The van der Waals surface area contributed by atoms with E-state index >= 15 is 0 Å². The van der Waals surface area contributed by atoms with Gasteiger partial charge in [-0.1, -0.05) is 6.07 Å². The summed E-state index contributed by atoms with van der Waals surface area (Å²) in [4.78, 5) is 10.4. The van der Waals surface area contributed by atoms with Gasteiger partial charge in [-0.15, -0.1) is 0 Å².